The molecule has 3 heteroatoms. The van der Waals surface area contributed by atoms with E-state index in [1.165, 1.54) is 6.42 Å². The summed E-state index contributed by atoms with van der Waals surface area (Å²) in [5, 5.41) is 3.59. The van der Waals surface area contributed by atoms with E-state index in [2.05, 4.69) is 37.9 Å². The lowest BCUT2D eigenvalue weighted by Crippen LogP contribution is -2.60. The predicted molar refractivity (Wildman–Crippen MR) is 68.8 cm³/mol. The topological polar surface area (TPSA) is 24.5 Å². The molecule has 1 N–H and O–H groups in total. The molecule has 1 heterocycles. The average Bonchev–Trinajstić information content (AvgIpc) is 2.28. The van der Waals surface area contributed by atoms with Crippen LogP contribution in [0.15, 0.2) is 0 Å². The van der Waals surface area contributed by atoms with E-state index in [1.54, 1.807) is 7.11 Å². The Hall–Kier alpha value is -0.120. The maximum absolute atomic E-state index is 5.29. The first-order chi connectivity index (χ1) is 7.60. The van der Waals surface area contributed by atoms with Crippen LogP contribution in [-0.2, 0) is 4.74 Å². The summed E-state index contributed by atoms with van der Waals surface area (Å²) < 4.78 is 5.29. The lowest BCUT2D eigenvalue weighted by molar-refractivity contribution is 0.0230. The minimum atomic E-state index is 0.522. The fourth-order valence-corrected chi connectivity index (χ4v) is 2.60. The summed E-state index contributed by atoms with van der Waals surface area (Å²) in [6, 6.07) is 1.78. The average molecular weight is 228 g/mol. The lowest BCUT2D eigenvalue weighted by atomic mass is 9.93. The second-order valence-electron chi connectivity index (χ2n) is 5.26. The normalized spacial score (nSPS) is 31.3. The van der Waals surface area contributed by atoms with Crippen LogP contribution in [0.2, 0.25) is 0 Å². The SMILES string of the molecule is CCC(C)C1CNC(C)CN1C(C)COC. The van der Waals surface area contributed by atoms with Gasteiger partial charge < -0.3 is 10.1 Å². The molecule has 1 aliphatic heterocycles. The fraction of sp³-hybridized carbons (Fsp3) is 1.00. The van der Waals surface area contributed by atoms with Crippen LogP contribution in [0, 0.1) is 5.92 Å². The van der Waals surface area contributed by atoms with Crippen molar-refractivity contribution in [3.8, 4) is 0 Å². The van der Waals surface area contributed by atoms with Crippen LogP contribution in [0.25, 0.3) is 0 Å². The van der Waals surface area contributed by atoms with Gasteiger partial charge in [0.25, 0.3) is 0 Å². The zero-order valence-electron chi connectivity index (χ0n) is 11.5. The molecule has 3 nitrogen and oxygen atoms in total. The monoisotopic (exact) mass is 228 g/mol. The molecule has 1 saturated heterocycles. The number of hydrogen-bond donors (Lipinski definition) is 1. The number of nitrogens with one attached hydrogen (secondary N) is 1. The predicted octanol–water partition coefficient (Wildman–Crippen LogP) is 1.73. The summed E-state index contributed by atoms with van der Waals surface area (Å²) in [4.78, 5) is 2.62. The van der Waals surface area contributed by atoms with Crippen LogP contribution in [-0.4, -0.2) is 49.8 Å². The summed E-state index contributed by atoms with van der Waals surface area (Å²) in [6.07, 6.45) is 1.25. The Balaban J connectivity index is 2.64. The summed E-state index contributed by atoms with van der Waals surface area (Å²) in [6.45, 7) is 12.3. The van der Waals surface area contributed by atoms with Crippen LogP contribution < -0.4 is 5.32 Å². The van der Waals surface area contributed by atoms with Crippen molar-refractivity contribution in [2.75, 3.05) is 26.8 Å². The highest BCUT2D eigenvalue weighted by Gasteiger charge is 2.31. The molecule has 0 aromatic rings. The van der Waals surface area contributed by atoms with Gasteiger partial charge in [-0.2, -0.15) is 0 Å². The van der Waals surface area contributed by atoms with E-state index < -0.39 is 0 Å². The van der Waals surface area contributed by atoms with E-state index in [0.29, 0.717) is 18.1 Å². The van der Waals surface area contributed by atoms with Gasteiger partial charge in [0.05, 0.1) is 6.61 Å². The van der Waals surface area contributed by atoms with Crippen molar-refractivity contribution in [2.24, 2.45) is 5.92 Å². The fourth-order valence-electron chi connectivity index (χ4n) is 2.60. The van der Waals surface area contributed by atoms with Gasteiger partial charge >= 0.3 is 0 Å². The molecule has 16 heavy (non-hydrogen) atoms. The Morgan fingerprint density at radius 3 is 2.69 bits per heavy atom. The summed E-state index contributed by atoms with van der Waals surface area (Å²) in [5.74, 6) is 0.749. The van der Waals surface area contributed by atoms with Crippen LogP contribution in [0.5, 0.6) is 0 Å². The molecule has 4 unspecified atom stereocenters. The number of methoxy groups -OCH3 is 1. The van der Waals surface area contributed by atoms with Crippen molar-refractivity contribution in [1.29, 1.82) is 0 Å². The van der Waals surface area contributed by atoms with Gasteiger partial charge in [-0.25, -0.2) is 0 Å². The number of hydrogen-bond acceptors (Lipinski definition) is 3. The van der Waals surface area contributed by atoms with Gasteiger partial charge in [0.2, 0.25) is 0 Å². The molecule has 96 valence electrons. The van der Waals surface area contributed by atoms with Crippen molar-refractivity contribution >= 4 is 0 Å². The van der Waals surface area contributed by atoms with Crippen LogP contribution in [0.4, 0.5) is 0 Å². The van der Waals surface area contributed by atoms with Gasteiger partial charge in [-0.15, -0.1) is 0 Å². The van der Waals surface area contributed by atoms with Crippen LogP contribution >= 0.6 is 0 Å². The summed E-state index contributed by atoms with van der Waals surface area (Å²) in [5.41, 5.74) is 0. The Kier molecular flexibility index (Phi) is 5.73. The molecule has 0 radical (unpaired) electrons. The minimum Gasteiger partial charge on any atom is -0.383 e. The number of nitrogens with zero attached hydrogens (tertiary/aromatic N) is 1. The van der Waals surface area contributed by atoms with Gasteiger partial charge in [0.1, 0.15) is 0 Å². The van der Waals surface area contributed by atoms with Crippen molar-refractivity contribution in [3.63, 3.8) is 0 Å². The summed E-state index contributed by atoms with van der Waals surface area (Å²) >= 11 is 0. The van der Waals surface area contributed by atoms with E-state index in [9.17, 15) is 0 Å². The molecule has 4 atom stereocenters. The van der Waals surface area contributed by atoms with E-state index in [4.69, 9.17) is 4.74 Å². The third-order valence-electron chi connectivity index (χ3n) is 3.86. The second kappa shape index (κ2) is 6.58. The highest BCUT2D eigenvalue weighted by Crippen LogP contribution is 2.20. The van der Waals surface area contributed by atoms with Gasteiger partial charge in [-0.05, 0) is 19.8 Å². The maximum atomic E-state index is 5.29. The first kappa shape index (κ1) is 13.9. The van der Waals surface area contributed by atoms with Crippen molar-refractivity contribution in [3.05, 3.63) is 0 Å². The largest absolute Gasteiger partial charge is 0.383 e. The molecule has 0 saturated carbocycles. The lowest BCUT2D eigenvalue weighted by Gasteiger charge is -2.45. The number of rotatable bonds is 5. The van der Waals surface area contributed by atoms with E-state index >= 15 is 0 Å². The quantitative estimate of drug-likeness (QED) is 0.775. The van der Waals surface area contributed by atoms with Gasteiger partial charge in [0, 0.05) is 38.3 Å². The van der Waals surface area contributed by atoms with Crippen molar-refractivity contribution in [2.45, 2.75) is 52.2 Å². The minimum absolute atomic E-state index is 0.522. The standard InChI is InChI=1S/C13H28N2O/c1-6-10(2)13-7-14-11(3)8-15(13)12(4)9-16-5/h10-14H,6-9H2,1-5H3. The van der Waals surface area contributed by atoms with Crippen molar-refractivity contribution in [1.82, 2.24) is 10.2 Å². The zero-order valence-corrected chi connectivity index (χ0v) is 11.5. The molecule has 0 aromatic carbocycles. The molecule has 0 bridgehead atoms. The molecule has 0 aromatic heterocycles. The Bertz CT molecular complexity index is 198. The zero-order chi connectivity index (χ0) is 12.1. The van der Waals surface area contributed by atoms with Gasteiger partial charge in [-0.1, -0.05) is 20.3 Å². The van der Waals surface area contributed by atoms with E-state index in [0.717, 1.165) is 25.6 Å². The number of ether oxygens (including phenoxy) is 1. The highest BCUT2D eigenvalue weighted by molar-refractivity contribution is 4.89. The smallest absolute Gasteiger partial charge is 0.0615 e. The molecule has 0 amide bonds. The number of piperazine rings is 1. The molecular weight excluding hydrogens is 200 g/mol. The Morgan fingerprint density at radius 2 is 2.12 bits per heavy atom. The van der Waals surface area contributed by atoms with Crippen LogP contribution in [0.1, 0.15) is 34.1 Å². The highest BCUT2D eigenvalue weighted by atomic mass is 16.5. The molecule has 1 aliphatic rings. The Labute approximate surface area is 101 Å². The molecule has 0 aliphatic carbocycles. The van der Waals surface area contributed by atoms with Crippen LogP contribution in [0.3, 0.4) is 0 Å². The first-order valence-electron chi connectivity index (χ1n) is 6.58. The molecular formula is C13H28N2O. The molecule has 1 fully saturated rings. The molecule has 1 rings (SSSR count). The van der Waals surface area contributed by atoms with E-state index in [-0.39, 0.29) is 0 Å². The Morgan fingerprint density at radius 1 is 1.44 bits per heavy atom. The summed E-state index contributed by atoms with van der Waals surface area (Å²) in [7, 11) is 1.79. The van der Waals surface area contributed by atoms with Gasteiger partial charge in [-0.3, -0.25) is 4.90 Å². The maximum Gasteiger partial charge on any atom is 0.0615 e. The third-order valence-corrected chi connectivity index (χ3v) is 3.86. The molecule has 0 spiro atoms. The van der Waals surface area contributed by atoms with Gasteiger partial charge in [0.15, 0.2) is 0 Å². The van der Waals surface area contributed by atoms with E-state index in [1.807, 2.05) is 0 Å². The second-order valence-corrected chi connectivity index (χ2v) is 5.26. The van der Waals surface area contributed by atoms with Crippen molar-refractivity contribution < 1.29 is 4.74 Å². The first-order valence-corrected chi connectivity index (χ1v) is 6.58. The third kappa shape index (κ3) is 3.44.